The Hall–Kier alpha value is -6.40. The molecule has 4 aromatic heterocycles. The third kappa shape index (κ3) is 4.56. The van der Waals surface area contributed by atoms with Crippen LogP contribution in [0.5, 0.6) is 0 Å². The molecule has 0 saturated heterocycles. The highest BCUT2D eigenvalue weighted by Gasteiger charge is 2.29. The molecule has 0 amide bonds. The van der Waals surface area contributed by atoms with Gasteiger partial charge in [0, 0.05) is 58.6 Å². The molecule has 0 saturated carbocycles. The van der Waals surface area contributed by atoms with Crippen molar-refractivity contribution in [2.75, 3.05) is 0 Å². The Morgan fingerprint density at radius 1 is 0.551 bits per heavy atom. The fourth-order valence-electron chi connectivity index (χ4n) is 7.17. The molecule has 49 heavy (non-hydrogen) atoms. The summed E-state index contributed by atoms with van der Waals surface area (Å²) in [4.78, 5) is 20.1. The van der Waals surface area contributed by atoms with E-state index in [1.165, 1.54) is 5.56 Å². The van der Waals surface area contributed by atoms with Gasteiger partial charge >= 0.3 is 0 Å². The normalized spacial score (nSPS) is 11.9. The number of fused-ring (bicyclic) bond motifs is 7. The zero-order chi connectivity index (χ0) is 32.9. The average molecular weight is 633 g/mol. The van der Waals surface area contributed by atoms with Crippen molar-refractivity contribution < 1.29 is 0 Å². The van der Waals surface area contributed by atoms with Gasteiger partial charge in [0.2, 0.25) is 0 Å². The van der Waals surface area contributed by atoms with Gasteiger partial charge in [-0.3, -0.25) is 19.1 Å². The van der Waals surface area contributed by atoms with E-state index in [2.05, 4.69) is 144 Å². The molecule has 0 atom stereocenters. The minimum atomic E-state index is 0.797. The van der Waals surface area contributed by atoms with Gasteiger partial charge in [0.05, 0.1) is 11.0 Å². The number of rotatable bonds is 6. The van der Waals surface area contributed by atoms with Gasteiger partial charge in [-0.15, -0.1) is 0 Å². The van der Waals surface area contributed by atoms with E-state index in [1.54, 1.807) is 24.8 Å². The van der Waals surface area contributed by atoms with Gasteiger partial charge in [0.1, 0.15) is 11.0 Å². The summed E-state index contributed by atoms with van der Waals surface area (Å²) >= 11 is 0. The summed E-state index contributed by atoms with van der Waals surface area (Å²) in [7, 11) is 0. The lowest BCUT2D eigenvalue weighted by Gasteiger charge is -2.18. The number of aryl methyl sites for hydroxylation is 1. The number of nitrogens with zero attached hydrogens (tertiary/aromatic N) is 6. The molecule has 4 heterocycles. The molecule has 9 aromatic rings. The van der Waals surface area contributed by atoms with E-state index in [9.17, 15) is 0 Å². The highest BCUT2D eigenvalue weighted by Crippen LogP contribution is 2.50. The molecule has 0 radical (unpaired) electrons. The Morgan fingerprint density at radius 3 is 1.84 bits per heavy atom. The molecule has 0 unspecified atom stereocenters. The zero-order valence-corrected chi connectivity index (χ0v) is 27.2. The maximum atomic E-state index is 5.09. The molecule has 0 aliphatic heterocycles. The van der Waals surface area contributed by atoms with Gasteiger partial charge in [-0.2, -0.15) is 0 Å². The molecular formula is C43H32N6. The van der Waals surface area contributed by atoms with Crippen molar-refractivity contribution in [3.8, 4) is 39.1 Å². The lowest BCUT2D eigenvalue weighted by Crippen LogP contribution is -1.99. The second-order valence-electron chi connectivity index (χ2n) is 12.3. The molecule has 9 rings (SSSR count). The summed E-state index contributed by atoms with van der Waals surface area (Å²) in [5.41, 5.74) is 14.2. The summed E-state index contributed by atoms with van der Waals surface area (Å²) in [6.45, 7) is 4.26. The number of allylic oxidation sites excluding steroid dienone is 1. The molecule has 6 nitrogen and oxygen atoms in total. The minimum absolute atomic E-state index is 0.797. The SMILES string of the molecule is CCC=Cn1c2nccnc2c2c(-c3ccccc3)c(-c3cccc(-c4ccccc4)c3)c3c4nccnc4n(-c4ccc(C)cc4)c3c21. The van der Waals surface area contributed by atoms with Crippen LogP contribution in [0.4, 0.5) is 0 Å². The van der Waals surface area contributed by atoms with Crippen LogP contribution in [0.2, 0.25) is 0 Å². The van der Waals surface area contributed by atoms with Gasteiger partial charge in [-0.05, 0) is 53.8 Å². The van der Waals surface area contributed by atoms with Crippen LogP contribution in [0.15, 0.2) is 140 Å². The van der Waals surface area contributed by atoms with Gasteiger partial charge in [0.15, 0.2) is 11.3 Å². The topological polar surface area (TPSA) is 61.4 Å². The molecule has 0 aliphatic rings. The summed E-state index contributed by atoms with van der Waals surface area (Å²) in [5, 5.41) is 2.08. The first-order valence-electron chi connectivity index (χ1n) is 16.6. The van der Waals surface area contributed by atoms with Crippen molar-refractivity contribution in [1.29, 1.82) is 0 Å². The molecule has 0 N–H and O–H groups in total. The van der Waals surface area contributed by atoms with Crippen LogP contribution in [0.1, 0.15) is 18.9 Å². The zero-order valence-electron chi connectivity index (χ0n) is 27.2. The Balaban J connectivity index is 1.59. The van der Waals surface area contributed by atoms with Crippen LogP contribution in [-0.4, -0.2) is 29.1 Å². The number of benzene rings is 5. The molecule has 6 heteroatoms. The Kier molecular flexibility index (Phi) is 6.87. The number of hydrogen-bond donors (Lipinski definition) is 0. The highest BCUT2D eigenvalue weighted by molar-refractivity contribution is 6.32. The van der Waals surface area contributed by atoms with E-state index in [4.69, 9.17) is 19.9 Å². The molecule has 0 aliphatic carbocycles. The number of aromatic nitrogens is 6. The largest absolute Gasteiger partial charge is 0.297 e. The Bertz CT molecular complexity index is 2690. The first-order chi connectivity index (χ1) is 24.2. The molecule has 0 bridgehead atoms. The highest BCUT2D eigenvalue weighted by atomic mass is 15.1. The molecule has 234 valence electrons. The summed E-state index contributed by atoms with van der Waals surface area (Å²) in [6.07, 6.45) is 12.3. The smallest absolute Gasteiger partial charge is 0.164 e. The lowest BCUT2D eigenvalue weighted by atomic mass is 9.87. The van der Waals surface area contributed by atoms with Crippen LogP contribution < -0.4 is 0 Å². The van der Waals surface area contributed by atoms with Gasteiger partial charge < -0.3 is 0 Å². The minimum Gasteiger partial charge on any atom is -0.297 e. The van der Waals surface area contributed by atoms with E-state index in [-0.39, 0.29) is 0 Å². The third-order valence-electron chi connectivity index (χ3n) is 9.29. The van der Waals surface area contributed by atoms with Crippen LogP contribution in [0, 0.1) is 6.92 Å². The second kappa shape index (κ2) is 11.7. The van der Waals surface area contributed by atoms with E-state index in [0.717, 1.165) is 89.6 Å². The average Bonchev–Trinajstić information content (AvgIpc) is 3.67. The fraction of sp³-hybridized carbons (Fsp3) is 0.0698. The standard InChI is InChI=1S/C43H32N6/c1-3-4-26-48-40-36(38-42(48)46-24-22-44-38)34(30-14-9-6-10-15-30)35(32-17-11-16-31(27-32)29-12-7-5-8-13-29)37-39-43(47-25-23-45-39)49(41(37)40)33-20-18-28(2)19-21-33/h4-27H,3H2,1-2H3. The lowest BCUT2D eigenvalue weighted by molar-refractivity contribution is 1.11. The maximum Gasteiger partial charge on any atom is 0.164 e. The first-order valence-corrected chi connectivity index (χ1v) is 16.6. The van der Waals surface area contributed by atoms with Crippen LogP contribution in [0.3, 0.4) is 0 Å². The Labute approximate surface area is 283 Å². The molecule has 0 fully saturated rings. The number of hydrogen-bond acceptors (Lipinski definition) is 4. The van der Waals surface area contributed by atoms with Crippen LogP contribution in [-0.2, 0) is 0 Å². The maximum absolute atomic E-state index is 5.09. The van der Waals surface area contributed by atoms with Crippen molar-refractivity contribution in [1.82, 2.24) is 29.1 Å². The van der Waals surface area contributed by atoms with Gasteiger partial charge in [-0.25, -0.2) is 9.97 Å². The first kappa shape index (κ1) is 28.8. The van der Waals surface area contributed by atoms with Crippen molar-refractivity contribution in [3.05, 3.63) is 146 Å². The van der Waals surface area contributed by atoms with Gasteiger partial charge in [-0.1, -0.05) is 110 Å². The second-order valence-corrected chi connectivity index (χ2v) is 12.3. The quantitative estimate of drug-likeness (QED) is 0.183. The van der Waals surface area contributed by atoms with E-state index < -0.39 is 0 Å². The summed E-state index contributed by atoms with van der Waals surface area (Å²) in [6, 6.07) is 38.7. The van der Waals surface area contributed by atoms with Gasteiger partial charge in [0.25, 0.3) is 0 Å². The van der Waals surface area contributed by atoms with Crippen molar-refractivity contribution in [2.45, 2.75) is 20.3 Å². The van der Waals surface area contributed by atoms with E-state index in [0.29, 0.717) is 0 Å². The summed E-state index contributed by atoms with van der Waals surface area (Å²) < 4.78 is 4.48. The summed E-state index contributed by atoms with van der Waals surface area (Å²) in [5.74, 6) is 0. The van der Waals surface area contributed by atoms with Crippen LogP contribution in [0.25, 0.3) is 89.4 Å². The van der Waals surface area contributed by atoms with Crippen molar-refractivity contribution >= 4 is 50.3 Å². The van der Waals surface area contributed by atoms with E-state index in [1.807, 2.05) is 0 Å². The van der Waals surface area contributed by atoms with E-state index >= 15 is 0 Å². The Morgan fingerprint density at radius 2 is 1.12 bits per heavy atom. The van der Waals surface area contributed by atoms with Crippen LogP contribution >= 0.6 is 0 Å². The molecule has 0 spiro atoms. The predicted molar refractivity (Wildman–Crippen MR) is 202 cm³/mol. The monoisotopic (exact) mass is 632 g/mol. The fourth-order valence-corrected chi connectivity index (χ4v) is 7.17. The third-order valence-corrected chi connectivity index (χ3v) is 9.29. The van der Waals surface area contributed by atoms with Crippen molar-refractivity contribution in [2.24, 2.45) is 0 Å². The predicted octanol–water partition coefficient (Wildman–Crippen LogP) is 10.7. The molecule has 5 aromatic carbocycles. The molecular weight excluding hydrogens is 601 g/mol. The van der Waals surface area contributed by atoms with Crippen molar-refractivity contribution in [3.63, 3.8) is 0 Å².